The summed E-state index contributed by atoms with van der Waals surface area (Å²) in [6.45, 7) is 2.71. The second-order valence-corrected chi connectivity index (χ2v) is 11.0. The monoisotopic (exact) mass is 515 g/mol. The Morgan fingerprint density at radius 2 is 1.22 bits per heavy atom. The van der Waals surface area contributed by atoms with Crippen LogP contribution in [0.5, 0.6) is 5.75 Å². The summed E-state index contributed by atoms with van der Waals surface area (Å²) in [6, 6.07) is 35.5. The van der Waals surface area contributed by atoms with E-state index in [1.165, 1.54) is 10.9 Å². The molecule has 4 aromatic carbocycles. The zero-order valence-electron chi connectivity index (χ0n) is 17.7. The summed E-state index contributed by atoms with van der Waals surface area (Å²) in [6.07, 6.45) is 0. The SMILES string of the molecule is Cc1cccc(Pc2ccccc2CN(c2ccccc2)c2ccccc2)c1O.[Cl][Ti][Cl]. The molecule has 0 saturated heterocycles. The first-order valence-electron chi connectivity index (χ1n) is 10.1. The second-order valence-electron chi connectivity index (χ2n) is 7.08. The number of nitrogens with zero attached hydrogens (tertiary/aromatic N) is 1. The van der Waals surface area contributed by atoms with Crippen molar-refractivity contribution in [3.05, 3.63) is 114 Å². The number of aromatic hydroxyl groups is 1. The average molecular weight is 516 g/mol. The zero-order valence-corrected chi connectivity index (χ0v) is 21.7. The summed E-state index contributed by atoms with van der Waals surface area (Å²) in [5.41, 5.74) is 4.51. The maximum absolute atomic E-state index is 10.5. The predicted octanol–water partition coefficient (Wildman–Crippen LogP) is 7.04. The van der Waals surface area contributed by atoms with Gasteiger partial charge < -0.3 is 10.0 Å². The van der Waals surface area contributed by atoms with E-state index < -0.39 is 17.0 Å². The van der Waals surface area contributed by atoms with Crippen LogP contribution >= 0.6 is 27.2 Å². The van der Waals surface area contributed by atoms with E-state index in [1.54, 1.807) is 0 Å². The first-order valence-corrected chi connectivity index (χ1v) is 15.4. The molecule has 0 amide bonds. The number of aryl methyl sites for hydroxylation is 1. The molecule has 0 aliphatic rings. The third kappa shape index (κ3) is 6.85. The Balaban J connectivity index is 0.000000913. The number of hydrogen-bond acceptors (Lipinski definition) is 2. The van der Waals surface area contributed by atoms with E-state index in [9.17, 15) is 5.11 Å². The molecule has 0 aliphatic carbocycles. The molecule has 1 unspecified atom stereocenters. The molecular formula is C26H24Cl2NOPTi. The van der Waals surface area contributed by atoms with Gasteiger partial charge in [-0.3, -0.25) is 0 Å². The number of hydrogen-bond donors (Lipinski definition) is 1. The molecule has 0 spiro atoms. The number of phenols is 1. The van der Waals surface area contributed by atoms with E-state index in [0.717, 1.165) is 28.8 Å². The van der Waals surface area contributed by atoms with Gasteiger partial charge in [0.05, 0.1) is 0 Å². The molecule has 1 atom stereocenters. The summed E-state index contributed by atoms with van der Waals surface area (Å²) >= 11 is -0.556. The second kappa shape index (κ2) is 13.0. The van der Waals surface area contributed by atoms with Gasteiger partial charge in [-0.25, -0.2) is 0 Å². The van der Waals surface area contributed by atoms with Crippen molar-refractivity contribution in [3.63, 3.8) is 0 Å². The van der Waals surface area contributed by atoms with Crippen LogP contribution < -0.4 is 15.5 Å². The topological polar surface area (TPSA) is 23.5 Å². The van der Waals surface area contributed by atoms with Gasteiger partial charge in [-0.1, -0.05) is 87.4 Å². The Hall–Kier alpha value is -1.80. The van der Waals surface area contributed by atoms with E-state index in [4.69, 9.17) is 18.6 Å². The first kappa shape index (κ1) is 24.8. The van der Waals surface area contributed by atoms with Crippen molar-refractivity contribution in [2.24, 2.45) is 0 Å². The van der Waals surface area contributed by atoms with Crippen molar-refractivity contribution in [1.29, 1.82) is 0 Å². The molecule has 4 rings (SSSR count). The predicted molar refractivity (Wildman–Crippen MR) is 137 cm³/mol. The van der Waals surface area contributed by atoms with Crippen LogP contribution in [0.4, 0.5) is 11.4 Å². The Bertz CT molecular complexity index is 1070. The number of halogens is 2. The van der Waals surface area contributed by atoms with Gasteiger partial charge in [0.15, 0.2) is 0 Å². The molecule has 0 aliphatic heterocycles. The summed E-state index contributed by atoms with van der Waals surface area (Å²) in [4.78, 5) is 2.33. The Labute approximate surface area is 208 Å². The van der Waals surface area contributed by atoms with Gasteiger partial charge in [-0.05, 0) is 47.6 Å². The Morgan fingerprint density at radius 3 is 1.81 bits per heavy atom. The van der Waals surface area contributed by atoms with Gasteiger partial charge in [0.2, 0.25) is 0 Å². The molecule has 0 saturated carbocycles. The van der Waals surface area contributed by atoms with Crippen molar-refractivity contribution >= 4 is 49.2 Å². The molecule has 0 aromatic heterocycles. The number of rotatable bonds is 6. The molecule has 6 heteroatoms. The molecule has 0 fully saturated rings. The molecule has 0 bridgehead atoms. The van der Waals surface area contributed by atoms with Gasteiger partial charge in [0, 0.05) is 23.2 Å². The fourth-order valence-corrected chi connectivity index (χ4v) is 4.69. The van der Waals surface area contributed by atoms with Crippen LogP contribution in [0.3, 0.4) is 0 Å². The third-order valence-electron chi connectivity index (χ3n) is 4.99. The first-order chi connectivity index (χ1) is 15.6. The minimum absolute atomic E-state index is 0.406. The average Bonchev–Trinajstić information content (AvgIpc) is 2.83. The fraction of sp³-hybridized carbons (Fsp3) is 0.0769. The minimum atomic E-state index is -0.556. The van der Waals surface area contributed by atoms with Gasteiger partial charge in [0.25, 0.3) is 0 Å². The molecular weight excluding hydrogens is 492 g/mol. The van der Waals surface area contributed by atoms with E-state index in [0.29, 0.717) is 14.3 Å². The van der Waals surface area contributed by atoms with Gasteiger partial charge in [-0.15, -0.1) is 0 Å². The summed E-state index contributed by atoms with van der Waals surface area (Å²) in [5, 5.41) is 12.7. The summed E-state index contributed by atoms with van der Waals surface area (Å²) < 4.78 is 0. The number of para-hydroxylation sites is 3. The van der Waals surface area contributed by atoms with Gasteiger partial charge in [-0.2, -0.15) is 0 Å². The molecule has 4 aromatic rings. The number of anilines is 2. The standard InChI is InChI=1S/C26H24NOP.2ClH.Ti/c1-20-11-10-18-25(26(20)28)29-24-17-9-8-12-21(24)19-27(22-13-4-2-5-14-22)23-15-6-3-7-16-23;;;/h2-18,28-29H,19H2,1H3;2*1H;/q;;;+2/p-2. The number of phenolic OH excluding ortho intramolecular Hbond substituents is 1. The van der Waals surface area contributed by atoms with E-state index in [-0.39, 0.29) is 0 Å². The van der Waals surface area contributed by atoms with E-state index >= 15 is 0 Å². The van der Waals surface area contributed by atoms with Crippen LogP contribution in [0.2, 0.25) is 0 Å². The van der Waals surface area contributed by atoms with Crippen molar-refractivity contribution in [1.82, 2.24) is 0 Å². The van der Waals surface area contributed by atoms with Crippen LogP contribution in [0.25, 0.3) is 0 Å². The molecule has 162 valence electrons. The normalized spacial score (nSPS) is 10.5. The van der Waals surface area contributed by atoms with Gasteiger partial charge in [0.1, 0.15) is 5.75 Å². The van der Waals surface area contributed by atoms with Crippen LogP contribution in [0.1, 0.15) is 11.1 Å². The van der Waals surface area contributed by atoms with Gasteiger partial charge >= 0.3 is 35.6 Å². The Kier molecular flexibility index (Phi) is 10.1. The molecule has 0 radical (unpaired) electrons. The molecule has 32 heavy (non-hydrogen) atoms. The van der Waals surface area contributed by atoms with E-state index in [1.807, 2.05) is 37.3 Å². The van der Waals surface area contributed by atoms with Crippen LogP contribution in [-0.4, -0.2) is 5.11 Å². The number of benzene rings is 4. The van der Waals surface area contributed by atoms with Crippen molar-refractivity contribution in [2.75, 3.05) is 4.90 Å². The summed E-state index contributed by atoms with van der Waals surface area (Å²) in [5.74, 6) is 0.406. The van der Waals surface area contributed by atoms with Crippen LogP contribution in [0.15, 0.2) is 103 Å². The van der Waals surface area contributed by atoms with Crippen LogP contribution in [-0.2, 0) is 23.6 Å². The molecule has 0 heterocycles. The van der Waals surface area contributed by atoms with E-state index in [2.05, 4.69) is 77.7 Å². The van der Waals surface area contributed by atoms with Crippen molar-refractivity contribution in [2.45, 2.75) is 13.5 Å². The van der Waals surface area contributed by atoms with Crippen molar-refractivity contribution in [3.8, 4) is 5.75 Å². The fourth-order valence-electron chi connectivity index (χ4n) is 3.40. The van der Waals surface area contributed by atoms with Crippen LogP contribution in [0, 0.1) is 6.92 Å². The quantitative estimate of drug-likeness (QED) is 0.220. The zero-order chi connectivity index (χ0) is 22.8. The maximum atomic E-state index is 10.5. The molecule has 1 N–H and O–H groups in total. The molecule has 2 nitrogen and oxygen atoms in total. The third-order valence-corrected chi connectivity index (χ3v) is 6.42. The Morgan fingerprint density at radius 1 is 0.719 bits per heavy atom. The van der Waals surface area contributed by atoms with Crippen molar-refractivity contribution < 1.29 is 22.1 Å². The summed E-state index contributed by atoms with van der Waals surface area (Å²) in [7, 11) is 10.2.